The van der Waals surface area contributed by atoms with Crippen molar-refractivity contribution in [3.8, 4) is 22.5 Å². The van der Waals surface area contributed by atoms with Crippen molar-refractivity contribution in [1.29, 1.82) is 0 Å². The molecule has 2 aromatic carbocycles. The van der Waals surface area contributed by atoms with Crippen molar-refractivity contribution >= 4 is 11.6 Å². The van der Waals surface area contributed by atoms with Crippen LogP contribution in [0.1, 0.15) is 68.7 Å². The number of pyridine rings is 1. The van der Waals surface area contributed by atoms with E-state index in [-0.39, 0.29) is 6.23 Å². The van der Waals surface area contributed by atoms with Gasteiger partial charge in [-0.25, -0.2) is 4.98 Å². The first-order valence-corrected chi connectivity index (χ1v) is 14.3. The molecule has 0 aliphatic rings. The van der Waals surface area contributed by atoms with E-state index in [1.165, 1.54) is 0 Å². The van der Waals surface area contributed by atoms with Gasteiger partial charge in [-0.3, -0.25) is 4.98 Å². The molecular weight excluding hydrogens is 538 g/mol. The molecule has 5 rings (SSSR count). The van der Waals surface area contributed by atoms with E-state index in [0.29, 0.717) is 35.5 Å². The number of aliphatic hydroxyl groups is 1. The Labute approximate surface area is 244 Å². The first kappa shape index (κ1) is 28.6. The molecule has 0 saturated heterocycles. The second-order valence-electron chi connectivity index (χ2n) is 9.80. The molecule has 212 valence electrons. The molecule has 0 saturated carbocycles. The number of nitrogens with zero attached hydrogens (tertiary/aromatic N) is 7. The van der Waals surface area contributed by atoms with E-state index < -0.39 is 6.10 Å². The Bertz CT molecular complexity index is 1570. The largest absolute Gasteiger partial charge is 0.380 e. The molecule has 0 aliphatic heterocycles. The minimum Gasteiger partial charge on any atom is -0.380 e. The summed E-state index contributed by atoms with van der Waals surface area (Å²) < 4.78 is 9.47. The Kier molecular flexibility index (Phi) is 9.18. The van der Waals surface area contributed by atoms with Crippen LogP contribution < -0.4 is 0 Å². The number of imidazole rings is 1. The quantitative estimate of drug-likeness (QED) is 0.188. The molecule has 41 heavy (non-hydrogen) atoms. The number of ether oxygens (including phenoxy) is 1. The number of aliphatic hydroxyl groups excluding tert-OH is 1. The number of unbranched alkanes of at least 4 members (excludes halogenated alkanes) is 1. The highest BCUT2D eigenvalue weighted by atomic mass is 35.5. The number of aryl methyl sites for hydroxylation is 1. The second-order valence-corrected chi connectivity index (χ2v) is 10.2. The van der Waals surface area contributed by atoms with Gasteiger partial charge in [-0.1, -0.05) is 79.5 Å². The van der Waals surface area contributed by atoms with E-state index in [9.17, 15) is 5.11 Å². The summed E-state index contributed by atoms with van der Waals surface area (Å²) in [5.74, 6) is 1.50. The fourth-order valence-corrected chi connectivity index (χ4v) is 5.25. The molecule has 3 aromatic heterocycles. The third kappa shape index (κ3) is 6.22. The Morgan fingerprint density at radius 1 is 0.976 bits per heavy atom. The maximum absolute atomic E-state index is 11.2. The third-order valence-electron chi connectivity index (χ3n) is 7.04. The maximum Gasteiger partial charge on any atom is 0.185 e. The van der Waals surface area contributed by atoms with Gasteiger partial charge in [-0.2, -0.15) is 4.68 Å². The van der Waals surface area contributed by atoms with Gasteiger partial charge < -0.3 is 14.4 Å². The van der Waals surface area contributed by atoms with Gasteiger partial charge in [0.15, 0.2) is 17.2 Å². The van der Waals surface area contributed by atoms with Crippen molar-refractivity contribution < 1.29 is 9.84 Å². The van der Waals surface area contributed by atoms with Crippen molar-refractivity contribution in [1.82, 2.24) is 34.7 Å². The lowest BCUT2D eigenvalue weighted by molar-refractivity contribution is 0.0159. The number of halogens is 1. The van der Waals surface area contributed by atoms with Crippen LogP contribution >= 0.6 is 11.6 Å². The van der Waals surface area contributed by atoms with E-state index in [4.69, 9.17) is 16.3 Å². The molecule has 5 aromatic rings. The molecule has 0 amide bonds. The van der Waals surface area contributed by atoms with Crippen molar-refractivity contribution in [2.24, 2.45) is 0 Å². The summed E-state index contributed by atoms with van der Waals surface area (Å²) in [6.45, 7) is 7.10. The number of aromatic nitrogens is 7. The third-order valence-corrected chi connectivity index (χ3v) is 7.32. The summed E-state index contributed by atoms with van der Waals surface area (Å²) in [7, 11) is 0. The van der Waals surface area contributed by atoms with E-state index in [0.717, 1.165) is 47.3 Å². The Morgan fingerprint density at radius 3 is 2.44 bits per heavy atom. The summed E-state index contributed by atoms with van der Waals surface area (Å²) >= 11 is 6.62. The fraction of sp³-hybridized carbons (Fsp3) is 0.323. The molecular formula is C31H34ClN7O2. The van der Waals surface area contributed by atoms with Crippen molar-refractivity contribution in [2.75, 3.05) is 6.61 Å². The molecule has 0 bridgehead atoms. The predicted octanol–water partition coefficient (Wildman–Crippen LogP) is 6.28. The molecule has 0 aliphatic carbocycles. The van der Waals surface area contributed by atoms with Gasteiger partial charge in [0.25, 0.3) is 0 Å². The number of tetrazole rings is 1. The van der Waals surface area contributed by atoms with Crippen LogP contribution in [-0.2, 0) is 17.7 Å². The zero-order valence-electron chi connectivity index (χ0n) is 23.5. The molecule has 1 N–H and O–H groups in total. The first-order chi connectivity index (χ1) is 20.0. The molecule has 0 radical (unpaired) electrons. The number of benzene rings is 2. The topological polar surface area (TPSA) is 104 Å². The maximum atomic E-state index is 11.2. The summed E-state index contributed by atoms with van der Waals surface area (Å²) in [6, 6.07) is 21.9. The average molecular weight is 572 g/mol. The highest BCUT2D eigenvalue weighted by molar-refractivity contribution is 6.30. The summed E-state index contributed by atoms with van der Waals surface area (Å²) in [4.78, 5) is 8.98. The normalized spacial score (nSPS) is 12.9. The standard InChI is InChI=1S/C31H34ClN7O2/c1-4-6-14-27-34-30(32)28(29(40)26-13-9-10-19-33-26)38(27)20-22-15-17-23(18-16-22)24-11-7-8-12-25(24)31-35-36-37-39(31)21(3)41-5-2/h7-13,15-19,21,29,40H,4-6,14,20H2,1-3H3. The zero-order chi connectivity index (χ0) is 28.8. The molecule has 0 spiro atoms. The van der Waals surface area contributed by atoms with Gasteiger partial charge in [-0.05, 0) is 59.5 Å². The van der Waals surface area contributed by atoms with E-state index in [2.05, 4.69) is 62.7 Å². The Hall–Kier alpha value is -3.92. The van der Waals surface area contributed by atoms with Crippen LogP contribution in [0.4, 0.5) is 0 Å². The van der Waals surface area contributed by atoms with E-state index in [1.807, 2.05) is 48.7 Å². The number of hydrogen-bond acceptors (Lipinski definition) is 7. The van der Waals surface area contributed by atoms with E-state index in [1.54, 1.807) is 16.9 Å². The van der Waals surface area contributed by atoms with Crippen LogP contribution in [0.2, 0.25) is 5.15 Å². The van der Waals surface area contributed by atoms with Crippen molar-refractivity contribution in [3.05, 3.63) is 101 Å². The summed E-state index contributed by atoms with van der Waals surface area (Å²) in [5.41, 5.74) is 5.11. The van der Waals surface area contributed by atoms with Crippen molar-refractivity contribution in [2.45, 2.75) is 58.9 Å². The predicted molar refractivity (Wildman–Crippen MR) is 158 cm³/mol. The number of hydrogen-bond donors (Lipinski definition) is 1. The average Bonchev–Trinajstić information content (AvgIpc) is 3.61. The SMILES string of the molecule is CCCCc1nc(Cl)c(C(O)c2ccccn2)n1Cc1ccc(-c2ccccc2-c2nnnn2C(C)OCC)cc1. The van der Waals surface area contributed by atoms with Gasteiger partial charge in [0.05, 0.1) is 11.4 Å². The molecule has 10 heteroatoms. The first-order valence-electron chi connectivity index (χ1n) is 13.9. The Morgan fingerprint density at radius 2 is 1.73 bits per heavy atom. The van der Waals surface area contributed by atoms with E-state index >= 15 is 0 Å². The molecule has 0 fully saturated rings. The zero-order valence-corrected chi connectivity index (χ0v) is 24.2. The van der Waals surface area contributed by atoms with Gasteiger partial charge in [-0.15, -0.1) is 5.10 Å². The lowest BCUT2D eigenvalue weighted by Gasteiger charge is -2.17. The number of rotatable bonds is 12. The van der Waals surface area contributed by atoms with Gasteiger partial charge in [0, 0.05) is 31.3 Å². The monoisotopic (exact) mass is 571 g/mol. The molecule has 2 atom stereocenters. The van der Waals surface area contributed by atoms with Crippen molar-refractivity contribution in [3.63, 3.8) is 0 Å². The van der Waals surface area contributed by atoms with Crippen LogP contribution in [-0.4, -0.2) is 46.5 Å². The van der Waals surface area contributed by atoms with Gasteiger partial charge >= 0.3 is 0 Å². The lowest BCUT2D eigenvalue weighted by atomic mass is 9.98. The Balaban J connectivity index is 1.47. The highest BCUT2D eigenvalue weighted by Crippen LogP contribution is 2.33. The molecule has 3 heterocycles. The highest BCUT2D eigenvalue weighted by Gasteiger charge is 2.25. The minimum atomic E-state index is -0.984. The molecule has 2 unspecified atom stereocenters. The fourth-order valence-electron chi connectivity index (χ4n) is 4.95. The molecule has 9 nitrogen and oxygen atoms in total. The van der Waals surface area contributed by atoms with Crippen LogP contribution in [0.25, 0.3) is 22.5 Å². The van der Waals surface area contributed by atoms with Gasteiger partial charge in [0.1, 0.15) is 11.9 Å². The minimum absolute atomic E-state index is 0.292. The smallest absolute Gasteiger partial charge is 0.185 e. The lowest BCUT2D eigenvalue weighted by Crippen LogP contribution is -2.14. The van der Waals surface area contributed by atoms with Crippen LogP contribution in [0.3, 0.4) is 0 Å². The van der Waals surface area contributed by atoms with Gasteiger partial charge in [0.2, 0.25) is 0 Å². The summed E-state index contributed by atoms with van der Waals surface area (Å²) in [5, 5.41) is 23.9. The van der Waals surface area contributed by atoms with Crippen LogP contribution in [0.15, 0.2) is 72.9 Å². The van der Waals surface area contributed by atoms with Crippen LogP contribution in [0.5, 0.6) is 0 Å². The summed E-state index contributed by atoms with van der Waals surface area (Å²) in [6.07, 6.45) is 3.17. The second kappa shape index (κ2) is 13.2. The van der Waals surface area contributed by atoms with Crippen LogP contribution in [0, 0.1) is 0 Å².